The third kappa shape index (κ3) is 3.29. The van der Waals surface area contributed by atoms with Crippen molar-refractivity contribution in [2.45, 2.75) is 116 Å². The van der Waals surface area contributed by atoms with Gasteiger partial charge in [0.05, 0.1) is 29.5 Å². The highest BCUT2D eigenvalue weighted by Gasteiger charge is 2.69. The molecule has 4 fully saturated rings. The van der Waals surface area contributed by atoms with Crippen LogP contribution in [0.4, 0.5) is 0 Å². The minimum atomic E-state index is -1.16. The van der Waals surface area contributed by atoms with Gasteiger partial charge in [0.2, 0.25) is 0 Å². The Kier molecular flexibility index (Phi) is 5.38. The lowest BCUT2D eigenvalue weighted by atomic mass is 9.49. The predicted molar refractivity (Wildman–Crippen MR) is 127 cm³/mol. The highest BCUT2D eigenvalue weighted by atomic mass is 16.5. The van der Waals surface area contributed by atoms with Crippen molar-refractivity contribution in [1.29, 1.82) is 0 Å². The van der Waals surface area contributed by atoms with Crippen molar-refractivity contribution in [1.82, 2.24) is 0 Å². The molecule has 0 amide bonds. The summed E-state index contributed by atoms with van der Waals surface area (Å²) in [6.07, 6.45) is 8.39. The average molecular weight is 461 g/mol. The van der Waals surface area contributed by atoms with Gasteiger partial charge >= 0.3 is 0 Å². The number of ether oxygens (including phenoxy) is 1. The van der Waals surface area contributed by atoms with Gasteiger partial charge in [0.25, 0.3) is 0 Å². The molecule has 186 valence electrons. The number of hydrogen-bond donors (Lipinski definition) is 4. The maximum absolute atomic E-state index is 11.9. The molecule has 11 atom stereocenters. The van der Waals surface area contributed by atoms with E-state index in [1.54, 1.807) is 13.8 Å². The van der Waals surface area contributed by atoms with Crippen LogP contribution in [0.5, 0.6) is 0 Å². The second-order valence-corrected chi connectivity index (χ2v) is 13.3. The van der Waals surface area contributed by atoms with Crippen molar-refractivity contribution in [3.8, 4) is 0 Å². The Morgan fingerprint density at radius 3 is 2.45 bits per heavy atom. The average Bonchev–Trinajstić information content (AvgIpc) is 3.17. The highest BCUT2D eigenvalue weighted by Crippen LogP contribution is 2.68. The fourth-order valence-corrected chi connectivity index (χ4v) is 8.77. The minimum Gasteiger partial charge on any atom is -0.393 e. The first-order valence-corrected chi connectivity index (χ1v) is 13.1. The van der Waals surface area contributed by atoms with Crippen LogP contribution in [-0.4, -0.2) is 56.0 Å². The van der Waals surface area contributed by atoms with Crippen LogP contribution >= 0.6 is 0 Å². The van der Waals surface area contributed by atoms with E-state index in [1.165, 1.54) is 11.1 Å². The molecule has 0 aromatic heterocycles. The van der Waals surface area contributed by atoms with E-state index in [0.29, 0.717) is 11.8 Å². The topological polar surface area (TPSA) is 90.2 Å². The van der Waals surface area contributed by atoms with Gasteiger partial charge in [-0.25, -0.2) is 0 Å². The van der Waals surface area contributed by atoms with E-state index >= 15 is 0 Å². The summed E-state index contributed by atoms with van der Waals surface area (Å²) >= 11 is 0. The van der Waals surface area contributed by atoms with Crippen molar-refractivity contribution in [2.24, 2.45) is 34.5 Å². The van der Waals surface area contributed by atoms with Crippen molar-refractivity contribution in [3.63, 3.8) is 0 Å². The summed E-state index contributed by atoms with van der Waals surface area (Å²) in [7, 11) is 0. The fourth-order valence-electron chi connectivity index (χ4n) is 8.77. The van der Waals surface area contributed by atoms with Crippen LogP contribution in [0, 0.1) is 34.5 Å². The molecule has 0 aromatic carbocycles. The van der Waals surface area contributed by atoms with E-state index in [0.717, 1.165) is 38.5 Å². The van der Waals surface area contributed by atoms with E-state index in [2.05, 4.69) is 26.0 Å². The zero-order chi connectivity index (χ0) is 24.1. The lowest BCUT2D eigenvalue weighted by Gasteiger charge is -2.55. The van der Waals surface area contributed by atoms with Gasteiger partial charge in [-0.3, -0.25) is 0 Å². The maximum atomic E-state index is 11.9. The molecule has 1 aliphatic heterocycles. The quantitative estimate of drug-likeness (QED) is 0.515. The van der Waals surface area contributed by atoms with Gasteiger partial charge in [-0.15, -0.1) is 0 Å². The van der Waals surface area contributed by atoms with Gasteiger partial charge in [0.1, 0.15) is 6.10 Å². The van der Waals surface area contributed by atoms with Gasteiger partial charge in [0, 0.05) is 11.8 Å². The number of hydrogen-bond acceptors (Lipinski definition) is 5. The molecule has 5 heteroatoms. The normalized spacial score (nSPS) is 51.0. The largest absolute Gasteiger partial charge is 0.393 e. The molecule has 4 aliphatic carbocycles. The summed E-state index contributed by atoms with van der Waals surface area (Å²) < 4.78 is 6.47. The molecule has 5 aliphatic rings. The maximum Gasteiger partial charge on any atom is 0.113 e. The van der Waals surface area contributed by atoms with Crippen LogP contribution in [0.15, 0.2) is 23.3 Å². The van der Waals surface area contributed by atoms with E-state index in [4.69, 9.17) is 4.74 Å². The van der Waals surface area contributed by atoms with Crippen LogP contribution in [0.25, 0.3) is 0 Å². The summed E-state index contributed by atoms with van der Waals surface area (Å²) in [6.45, 7) is 11.8. The summed E-state index contributed by atoms with van der Waals surface area (Å²) in [4.78, 5) is 0. The van der Waals surface area contributed by atoms with Crippen LogP contribution in [0.2, 0.25) is 0 Å². The number of aliphatic hydroxyl groups excluding tert-OH is 2. The van der Waals surface area contributed by atoms with Crippen molar-refractivity contribution in [2.75, 3.05) is 0 Å². The molecule has 1 saturated heterocycles. The third-order valence-electron chi connectivity index (χ3n) is 11.0. The van der Waals surface area contributed by atoms with E-state index in [9.17, 15) is 20.4 Å². The Morgan fingerprint density at radius 1 is 1.09 bits per heavy atom. The molecule has 0 aromatic rings. The summed E-state index contributed by atoms with van der Waals surface area (Å²) in [5.41, 5.74) is 0.757. The Morgan fingerprint density at radius 2 is 1.79 bits per heavy atom. The van der Waals surface area contributed by atoms with E-state index in [1.807, 2.05) is 13.8 Å². The number of rotatable bonds is 3. The number of fused-ring (bicyclic) bond motifs is 7. The van der Waals surface area contributed by atoms with Gasteiger partial charge in [0.15, 0.2) is 0 Å². The molecule has 4 N–H and O–H groups in total. The van der Waals surface area contributed by atoms with Gasteiger partial charge in [-0.05, 0) is 82.0 Å². The van der Waals surface area contributed by atoms with Crippen molar-refractivity contribution >= 4 is 0 Å². The molecule has 5 unspecified atom stereocenters. The van der Waals surface area contributed by atoms with Crippen molar-refractivity contribution in [3.05, 3.63) is 23.3 Å². The van der Waals surface area contributed by atoms with Gasteiger partial charge in [-0.1, -0.05) is 44.1 Å². The Hall–Kier alpha value is -0.720. The first kappa shape index (κ1) is 24.0. The third-order valence-corrected chi connectivity index (χ3v) is 11.0. The van der Waals surface area contributed by atoms with Crippen molar-refractivity contribution < 1.29 is 25.2 Å². The number of aliphatic hydroxyl groups is 4. The van der Waals surface area contributed by atoms with E-state index in [-0.39, 0.29) is 29.0 Å². The molecular formula is C28H44O5. The van der Waals surface area contributed by atoms with Gasteiger partial charge < -0.3 is 25.2 Å². The lowest BCUT2D eigenvalue weighted by molar-refractivity contribution is -0.155. The monoisotopic (exact) mass is 460 g/mol. The summed E-state index contributed by atoms with van der Waals surface area (Å²) in [6, 6.07) is 0. The van der Waals surface area contributed by atoms with Crippen LogP contribution in [0.1, 0.15) is 80.1 Å². The molecule has 1 heterocycles. The molecule has 33 heavy (non-hydrogen) atoms. The van der Waals surface area contributed by atoms with Crippen LogP contribution in [0.3, 0.4) is 0 Å². The van der Waals surface area contributed by atoms with Crippen LogP contribution in [-0.2, 0) is 4.74 Å². The molecular weight excluding hydrogens is 416 g/mol. The first-order chi connectivity index (χ1) is 15.2. The number of allylic oxidation sites excluding steroid dienone is 3. The Balaban J connectivity index is 1.45. The molecule has 0 radical (unpaired) electrons. The summed E-state index contributed by atoms with van der Waals surface area (Å²) in [5.74, 6) is 0.405. The smallest absolute Gasteiger partial charge is 0.113 e. The van der Waals surface area contributed by atoms with Crippen LogP contribution < -0.4 is 0 Å². The highest BCUT2D eigenvalue weighted by molar-refractivity contribution is 5.40. The minimum absolute atomic E-state index is 0.0446. The second kappa shape index (κ2) is 7.39. The molecule has 0 bridgehead atoms. The van der Waals surface area contributed by atoms with Gasteiger partial charge in [-0.2, -0.15) is 0 Å². The predicted octanol–water partition coefficient (Wildman–Crippen LogP) is 3.74. The Labute approximate surface area is 198 Å². The molecule has 5 nitrogen and oxygen atoms in total. The van der Waals surface area contributed by atoms with E-state index < -0.39 is 29.3 Å². The first-order valence-electron chi connectivity index (χ1n) is 13.1. The summed E-state index contributed by atoms with van der Waals surface area (Å²) in [5, 5.41) is 43.7. The lowest BCUT2D eigenvalue weighted by Crippen LogP contribution is -2.56. The second-order valence-electron chi connectivity index (χ2n) is 13.3. The Bertz CT molecular complexity index is 868. The fraction of sp³-hybridized carbons (Fsp3) is 0.857. The zero-order valence-corrected chi connectivity index (χ0v) is 21.2. The zero-order valence-electron chi connectivity index (χ0n) is 21.2. The molecule has 3 saturated carbocycles. The molecule has 0 spiro atoms. The molecule has 5 rings (SSSR count). The SMILES string of the molecule is CC(C(O)C1OC2C[C@H]3C4=CC=C5CC(O)CC[C@]5(C)[C@H]4CC[C@]3(C)[C@H]2[C@@]1(C)O)C(C)(C)O. The standard InChI is InChI=1S/C28H44O5/c1-15(25(2,3)31)22(30)24-28(6,32)23-21(33-24)14-20-18-8-7-16-13-17(29)9-11-26(16,4)19(18)10-12-27(20,23)5/h7-8,15,17,19-24,29-32H,9-14H2,1-6H3/t15?,17?,19-,20-,21?,22?,23-,24?,26-,27-,28+/m0/s1.